The number of phenolic OH excluding ortho intramolecular Hbond substituents is 1. The average molecular weight is 515 g/mol. The fourth-order valence-corrected chi connectivity index (χ4v) is 5.16. The maximum absolute atomic E-state index is 15.1. The minimum absolute atomic E-state index is 0.0161. The molecular weight excluding hydrogens is 475 g/mol. The minimum Gasteiger partial charge on any atom is -0.505 e. The van der Waals surface area contributed by atoms with Gasteiger partial charge in [-0.3, -0.25) is 9.80 Å². The maximum Gasteiger partial charge on any atom is 0.330 e. The van der Waals surface area contributed by atoms with Crippen molar-refractivity contribution in [2.24, 2.45) is 0 Å². The Morgan fingerprint density at radius 2 is 1.95 bits per heavy atom. The summed E-state index contributed by atoms with van der Waals surface area (Å²) in [5.41, 5.74) is 0.719. The van der Waals surface area contributed by atoms with E-state index in [4.69, 9.17) is 9.72 Å². The van der Waals surface area contributed by atoms with Crippen LogP contribution in [-0.2, 0) is 6.54 Å². The van der Waals surface area contributed by atoms with Crippen LogP contribution in [0.1, 0.15) is 64.9 Å². The lowest BCUT2D eigenvalue weighted by Gasteiger charge is -2.39. The number of benzene rings is 1. The van der Waals surface area contributed by atoms with E-state index in [0.29, 0.717) is 24.1 Å². The van der Waals surface area contributed by atoms with Crippen molar-refractivity contribution in [3.63, 3.8) is 0 Å². The second kappa shape index (κ2) is 12.4. The van der Waals surface area contributed by atoms with E-state index >= 15 is 4.39 Å². The van der Waals surface area contributed by atoms with Gasteiger partial charge in [0, 0.05) is 36.5 Å². The number of carbonyl (C=O) groups excluding carboxylic acids is 1. The van der Waals surface area contributed by atoms with Crippen LogP contribution in [0.4, 0.5) is 26.6 Å². The molecule has 2 aliphatic rings. The number of halogens is 1. The third-order valence-electron chi connectivity index (χ3n) is 7.21. The molecule has 0 saturated heterocycles. The first-order valence-corrected chi connectivity index (χ1v) is 13.5. The Bertz CT molecular complexity index is 1070. The Labute approximate surface area is 218 Å². The highest BCUT2D eigenvalue weighted by atomic mass is 19.1. The number of carbonyl (C=O) groups is 1. The van der Waals surface area contributed by atoms with Crippen molar-refractivity contribution < 1.29 is 19.0 Å². The Kier molecular flexibility index (Phi) is 9.02. The molecule has 9 nitrogen and oxygen atoms in total. The molecule has 1 aliphatic heterocycles. The number of aromatic nitrogens is 2. The van der Waals surface area contributed by atoms with Crippen LogP contribution >= 0.6 is 0 Å². The van der Waals surface area contributed by atoms with Crippen LogP contribution in [0.3, 0.4) is 0 Å². The number of hydrogen-bond donors (Lipinski definition) is 2. The van der Waals surface area contributed by atoms with Gasteiger partial charge in [-0.05, 0) is 52.2 Å². The van der Waals surface area contributed by atoms with Crippen molar-refractivity contribution in [2.75, 3.05) is 47.9 Å². The minimum atomic E-state index is -0.851. The second-order valence-corrected chi connectivity index (χ2v) is 9.59. The van der Waals surface area contributed by atoms with Crippen LogP contribution in [0.5, 0.6) is 11.5 Å². The zero-order valence-electron chi connectivity index (χ0n) is 22.2. The highest BCUT2D eigenvalue weighted by molar-refractivity contribution is 6.06. The molecule has 0 radical (unpaired) electrons. The Balaban J connectivity index is 1.56. The van der Waals surface area contributed by atoms with Gasteiger partial charge < -0.3 is 20.1 Å². The molecule has 0 spiro atoms. The van der Waals surface area contributed by atoms with Gasteiger partial charge in [0.1, 0.15) is 11.6 Å². The van der Waals surface area contributed by atoms with E-state index in [-0.39, 0.29) is 24.3 Å². The maximum atomic E-state index is 15.1. The van der Waals surface area contributed by atoms with Crippen LogP contribution in [0.25, 0.3) is 0 Å². The third-order valence-corrected chi connectivity index (χ3v) is 7.21. The molecule has 1 aromatic carbocycles. The largest absolute Gasteiger partial charge is 0.505 e. The summed E-state index contributed by atoms with van der Waals surface area (Å²) in [6.45, 7) is 10.5. The molecule has 2 aromatic rings. The van der Waals surface area contributed by atoms with Crippen LogP contribution in [0.15, 0.2) is 18.3 Å². The van der Waals surface area contributed by atoms with Crippen molar-refractivity contribution in [3.8, 4) is 11.5 Å². The van der Waals surface area contributed by atoms with Gasteiger partial charge in [0.05, 0.1) is 18.8 Å². The summed E-state index contributed by atoms with van der Waals surface area (Å²) in [6.07, 6.45) is 7.58. The van der Waals surface area contributed by atoms with E-state index < -0.39 is 11.6 Å². The van der Waals surface area contributed by atoms with E-state index in [9.17, 15) is 9.90 Å². The molecule has 2 heterocycles. The van der Waals surface area contributed by atoms with Crippen molar-refractivity contribution in [2.45, 2.75) is 71.9 Å². The van der Waals surface area contributed by atoms with Crippen molar-refractivity contribution in [1.82, 2.24) is 14.9 Å². The molecule has 1 aromatic heterocycles. The number of anilines is 3. The number of aromatic hydroxyl groups is 1. The standard InChI is InChI=1S/C27H39FN6O3/c1-4-32(5-2)14-10-9-13-29-26-30-17-19-18-33(22-15-21(37-6-3)16-23(35)24(22)28)27(36)34(25(19)31-26)20-11-7-8-12-20/h15-17,20,35H,4-14,18H2,1-3H3,(H,29,30,31). The SMILES string of the molecule is CCOc1cc(O)c(F)c(N2Cc3cnc(NCCCCN(CC)CC)nc3N(C3CCCC3)C2=O)c1. The van der Waals surface area contributed by atoms with Gasteiger partial charge >= 0.3 is 6.03 Å². The van der Waals surface area contributed by atoms with Gasteiger partial charge in [-0.1, -0.05) is 26.7 Å². The van der Waals surface area contributed by atoms with Gasteiger partial charge in [0.15, 0.2) is 11.6 Å². The van der Waals surface area contributed by atoms with Crippen molar-refractivity contribution in [1.29, 1.82) is 0 Å². The summed E-state index contributed by atoms with van der Waals surface area (Å²) < 4.78 is 20.5. The first kappa shape index (κ1) is 26.9. The normalized spacial score (nSPS) is 16.0. The molecule has 10 heteroatoms. The number of unbranched alkanes of at least 4 members (excludes halogenated alkanes) is 1. The van der Waals surface area contributed by atoms with Gasteiger partial charge in [0.25, 0.3) is 0 Å². The summed E-state index contributed by atoms with van der Waals surface area (Å²) in [4.78, 5) is 28.5. The molecule has 0 unspecified atom stereocenters. The fourth-order valence-electron chi connectivity index (χ4n) is 5.16. The summed E-state index contributed by atoms with van der Waals surface area (Å²) in [5, 5.41) is 13.5. The molecule has 202 valence electrons. The number of urea groups is 1. The molecule has 2 amide bonds. The third kappa shape index (κ3) is 6.06. The van der Waals surface area contributed by atoms with Crippen molar-refractivity contribution >= 4 is 23.5 Å². The summed E-state index contributed by atoms with van der Waals surface area (Å²) in [6, 6.07) is 2.32. The lowest BCUT2D eigenvalue weighted by molar-refractivity contribution is 0.247. The quantitative estimate of drug-likeness (QED) is 0.379. The fraction of sp³-hybridized carbons (Fsp3) is 0.593. The van der Waals surface area contributed by atoms with Gasteiger partial charge in [0.2, 0.25) is 5.95 Å². The van der Waals surface area contributed by atoms with Gasteiger partial charge in [-0.15, -0.1) is 0 Å². The molecular formula is C27H39FN6O3. The lowest BCUT2D eigenvalue weighted by Crippen LogP contribution is -2.52. The number of fused-ring (bicyclic) bond motifs is 1. The van der Waals surface area contributed by atoms with Crippen LogP contribution in [0, 0.1) is 5.82 Å². The van der Waals surface area contributed by atoms with E-state index in [1.54, 1.807) is 18.0 Å². The number of phenols is 1. The summed E-state index contributed by atoms with van der Waals surface area (Å²) >= 11 is 0. The zero-order valence-corrected chi connectivity index (χ0v) is 22.2. The van der Waals surface area contributed by atoms with Crippen molar-refractivity contribution in [3.05, 3.63) is 29.7 Å². The molecule has 1 aliphatic carbocycles. The topological polar surface area (TPSA) is 94.1 Å². The van der Waals surface area contributed by atoms with E-state index in [0.717, 1.165) is 70.3 Å². The predicted octanol–water partition coefficient (Wildman–Crippen LogP) is 5.14. The number of nitrogens with zero attached hydrogens (tertiary/aromatic N) is 5. The highest BCUT2D eigenvalue weighted by Crippen LogP contribution is 2.39. The Hall–Kier alpha value is -3.14. The number of rotatable bonds is 12. The number of nitrogens with one attached hydrogen (secondary N) is 1. The summed E-state index contributed by atoms with van der Waals surface area (Å²) in [5.74, 6) is -0.0223. The zero-order chi connectivity index (χ0) is 26.4. The highest BCUT2D eigenvalue weighted by Gasteiger charge is 2.39. The van der Waals surface area contributed by atoms with Gasteiger partial charge in [-0.25, -0.2) is 14.2 Å². The summed E-state index contributed by atoms with van der Waals surface area (Å²) in [7, 11) is 0. The molecule has 1 fully saturated rings. The van der Waals surface area contributed by atoms with Crippen LogP contribution in [-0.4, -0.2) is 64.8 Å². The van der Waals surface area contributed by atoms with E-state index in [1.807, 2.05) is 0 Å². The number of ether oxygens (including phenoxy) is 1. The monoisotopic (exact) mass is 514 g/mol. The molecule has 0 atom stereocenters. The predicted molar refractivity (Wildman–Crippen MR) is 143 cm³/mol. The molecule has 37 heavy (non-hydrogen) atoms. The van der Waals surface area contributed by atoms with E-state index in [2.05, 4.69) is 29.0 Å². The Morgan fingerprint density at radius 3 is 2.65 bits per heavy atom. The first-order chi connectivity index (χ1) is 18.0. The van der Waals surface area contributed by atoms with Crippen LogP contribution < -0.4 is 19.9 Å². The molecule has 2 N–H and O–H groups in total. The smallest absolute Gasteiger partial charge is 0.330 e. The van der Waals surface area contributed by atoms with Crippen LogP contribution in [0.2, 0.25) is 0 Å². The van der Waals surface area contributed by atoms with E-state index in [1.165, 1.54) is 17.0 Å². The molecule has 1 saturated carbocycles. The number of amides is 2. The second-order valence-electron chi connectivity index (χ2n) is 9.59. The van der Waals surface area contributed by atoms with Gasteiger partial charge in [-0.2, -0.15) is 4.98 Å². The number of hydrogen-bond acceptors (Lipinski definition) is 7. The molecule has 4 rings (SSSR count). The molecule has 0 bridgehead atoms. The lowest BCUT2D eigenvalue weighted by atomic mass is 10.1. The average Bonchev–Trinajstić information content (AvgIpc) is 3.42. The Morgan fingerprint density at radius 1 is 1.19 bits per heavy atom. The first-order valence-electron chi connectivity index (χ1n) is 13.5.